The number of hydrogen-bond acceptors (Lipinski definition) is 5. The van der Waals surface area contributed by atoms with Crippen LogP contribution in [0.5, 0.6) is 0 Å². The van der Waals surface area contributed by atoms with E-state index in [0.717, 1.165) is 4.31 Å². The molecule has 0 bridgehead atoms. The number of furan rings is 1. The standard InChI is InChI=1S/C11H18N2O5S/c1-9(10-5-4-8-18-10)12-19(15,16)13(2)7-6-11(14)17-3/h4-5,8-9,12H,6-7H2,1-3H3/t9-/m1/s1. The first kappa shape index (κ1) is 15.7. The van der Waals surface area contributed by atoms with Gasteiger partial charge >= 0.3 is 5.97 Å². The lowest BCUT2D eigenvalue weighted by Gasteiger charge is -2.19. The molecule has 1 atom stereocenters. The number of carbonyl (C=O) groups is 1. The van der Waals surface area contributed by atoms with Crippen LogP contribution in [0.4, 0.5) is 0 Å². The lowest BCUT2D eigenvalue weighted by atomic mass is 10.3. The molecule has 1 N–H and O–H groups in total. The van der Waals surface area contributed by atoms with Gasteiger partial charge in [0.05, 0.1) is 25.8 Å². The first-order valence-electron chi connectivity index (χ1n) is 5.70. The van der Waals surface area contributed by atoms with E-state index in [1.165, 1.54) is 20.4 Å². The molecule has 0 radical (unpaired) electrons. The van der Waals surface area contributed by atoms with E-state index in [0.29, 0.717) is 5.76 Å². The van der Waals surface area contributed by atoms with Crippen molar-refractivity contribution < 1.29 is 22.4 Å². The van der Waals surface area contributed by atoms with Gasteiger partial charge < -0.3 is 9.15 Å². The number of rotatable bonds is 7. The van der Waals surface area contributed by atoms with Crippen LogP contribution >= 0.6 is 0 Å². The smallest absolute Gasteiger partial charge is 0.306 e. The van der Waals surface area contributed by atoms with Crippen molar-refractivity contribution in [2.45, 2.75) is 19.4 Å². The van der Waals surface area contributed by atoms with E-state index in [1.807, 2.05) is 0 Å². The zero-order valence-corrected chi connectivity index (χ0v) is 11.9. The maximum Gasteiger partial charge on any atom is 0.306 e. The van der Waals surface area contributed by atoms with Crippen LogP contribution < -0.4 is 4.72 Å². The number of nitrogens with one attached hydrogen (secondary N) is 1. The number of carbonyl (C=O) groups excluding carboxylic acids is 1. The van der Waals surface area contributed by atoms with Crippen molar-refractivity contribution in [2.75, 3.05) is 20.7 Å². The molecule has 0 unspecified atom stereocenters. The van der Waals surface area contributed by atoms with Gasteiger partial charge in [-0.1, -0.05) is 0 Å². The average molecular weight is 290 g/mol. The predicted molar refractivity (Wildman–Crippen MR) is 68.4 cm³/mol. The second kappa shape index (κ2) is 6.69. The van der Waals surface area contributed by atoms with Gasteiger partial charge in [-0.3, -0.25) is 4.79 Å². The maximum atomic E-state index is 12.0. The highest BCUT2D eigenvalue weighted by molar-refractivity contribution is 7.87. The third-order valence-electron chi connectivity index (χ3n) is 2.56. The molecule has 1 aromatic rings. The molecule has 0 amide bonds. The fraction of sp³-hybridized carbons (Fsp3) is 0.545. The lowest BCUT2D eigenvalue weighted by Crippen LogP contribution is -2.40. The fourth-order valence-electron chi connectivity index (χ4n) is 1.38. The summed E-state index contributed by atoms with van der Waals surface area (Å²) in [5.41, 5.74) is 0. The molecule has 0 aliphatic heterocycles. The number of nitrogens with zero attached hydrogens (tertiary/aromatic N) is 1. The second-order valence-electron chi connectivity index (χ2n) is 4.01. The largest absolute Gasteiger partial charge is 0.469 e. The van der Waals surface area contributed by atoms with Gasteiger partial charge in [-0.25, -0.2) is 0 Å². The van der Waals surface area contributed by atoms with Crippen molar-refractivity contribution >= 4 is 16.2 Å². The van der Waals surface area contributed by atoms with Crippen LogP contribution in [0, 0.1) is 0 Å². The average Bonchev–Trinajstić information content (AvgIpc) is 2.88. The number of ether oxygens (including phenoxy) is 1. The van der Waals surface area contributed by atoms with E-state index in [2.05, 4.69) is 9.46 Å². The highest BCUT2D eigenvalue weighted by atomic mass is 32.2. The summed E-state index contributed by atoms with van der Waals surface area (Å²) in [7, 11) is -1.03. The first-order chi connectivity index (χ1) is 8.86. The molecule has 1 heterocycles. The topological polar surface area (TPSA) is 88.8 Å². The van der Waals surface area contributed by atoms with Crippen LogP contribution in [0.15, 0.2) is 22.8 Å². The number of esters is 1. The minimum atomic E-state index is -3.67. The summed E-state index contributed by atoms with van der Waals surface area (Å²) in [6.07, 6.45) is 1.48. The van der Waals surface area contributed by atoms with Crippen molar-refractivity contribution in [3.63, 3.8) is 0 Å². The van der Waals surface area contributed by atoms with Gasteiger partial charge in [0, 0.05) is 13.6 Å². The Balaban J connectivity index is 2.57. The molecule has 0 aliphatic carbocycles. The van der Waals surface area contributed by atoms with Gasteiger partial charge in [0.2, 0.25) is 0 Å². The number of methoxy groups -OCH3 is 1. The summed E-state index contributed by atoms with van der Waals surface area (Å²) < 4.78 is 37.0. The van der Waals surface area contributed by atoms with Gasteiger partial charge in [0.15, 0.2) is 0 Å². The van der Waals surface area contributed by atoms with Crippen LogP contribution in [0.3, 0.4) is 0 Å². The monoisotopic (exact) mass is 290 g/mol. The molecular weight excluding hydrogens is 272 g/mol. The molecule has 0 fully saturated rings. The Morgan fingerprint density at radius 3 is 2.79 bits per heavy atom. The molecule has 7 nitrogen and oxygen atoms in total. The Morgan fingerprint density at radius 1 is 1.58 bits per heavy atom. The first-order valence-corrected chi connectivity index (χ1v) is 7.14. The van der Waals surface area contributed by atoms with Crippen LogP contribution in [-0.2, 0) is 19.7 Å². The fourth-order valence-corrected chi connectivity index (χ4v) is 2.45. The van der Waals surface area contributed by atoms with Crippen molar-refractivity contribution in [2.24, 2.45) is 0 Å². The van der Waals surface area contributed by atoms with Crippen LogP contribution in [0.2, 0.25) is 0 Å². The molecular formula is C11H18N2O5S. The highest BCUT2D eigenvalue weighted by Crippen LogP contribution is 2.14. The van der Waals surface area contributed by atoms with Gasteiger partial charge in [-0.2, -0.15) is 17.4 Å². The number of hydrogen-bond donors (Lipinski definition) is 1. The summed E-state index contributed by atoms with van der Waals surface area (Å²) in [6.45, 7) is 1.72. The molecule has 0 aliphatic rings. The normalized spacial score (nSPS) is 13.5. The van der Waals surface area contributed by atoms with E-state index in [-0.39, 0.29) is 13.0 Å². The van der Waals surface area contributed by atoms with Crippen molar-refractivity contribution in [3.8, 4) is 0 Å². The van der Waals surface area contributed by atoms with Crippen molar-refractivity contribution in [3.05, 3.63) is 24.2 Å². The second-order valence-corrected chi connectivity index (χ2v) is 5.82. The minimum absolute atomic E-state index is 0.00302. The molecule has 0 aromatic carbocycles. The maximum absolute atomic E-state index is 12.0. The molecule has 8 heteroatoms. The Bertz CT molecular complexity index is 497. The molecule has 0 saturated carbocycles. The van der Waals surface area contributed by atoms with Gasteiger partial charge in [0.25, 0.3) is 10.2 Å². The van der Waals surface area contributed by atoms with E-state index < -0.39 is 22.2 Å². The van der Waals surface area contributed by atoms with Crippen LogP contribution in [0.25, 0.3) is 0 Å². The molecule has 1 rings (SSSR count). The summed E-state index contributed by atoms with van der Waals surface area (Å²) in [4.78, 5) is 11.0. The van der Waals surface area contributed by atoms with E-state index in [9.17, 15) is 13.2 Å². The van der Waals surface area contributed by atoms with Crippen molar-refractivity contribution in [1.29, 1.82) is 0 Å². The van der Waals surface area contributed by atoms with E-state index >= 15 is 0 Å². The minimum Gasteiger partial charge on any atom is -0.469 e. The Kier molecular flexibility index (Phi) is 5.52. The summed E-state index contributed by atoms with van der Waals surface area (Å²) >= 11 is 0. The third-order valence-corrected chi connectivity index (χ3v) is 4.22. The molecule has 19 heavy (non-hydrogen) atoms. The zero-order chi connectivity index (χ0) is 14.5. The van der Waals surface area contributed by atoms with Gasteiger partial charge in [0.1, 0.15) is 5.76 Å². The van der Waals surface area contributed by atoms with Gasteiger partial charge in [-0.15, -0.1) is 0 Å². The molecule has 1 aromatic heterocycles. The third kappa shape index (κ3) is 4.66. The highest BCUT2D eigenvalue weighted by Gasteiger charge is 2.22. The van der Waals surface area contributed by atoms with Crippen LogP contribution in [-0.4, -0.2) is 39.4 Å². The predicted octanol–water partition coefficient (Wildman–Crippen LogP) is 0.670. The lowest BCUT2D eigenvalue weighted by molar-refractivity contribution is -0.140. The molecule has 0 saturated heterocycles. The Labute approximate surface area is 112 Å². The summed E-state index contributed by atoms with van der Waals surface area (Å²) in [6, 6.07) is 2.88. The van der Waals surface area contributed by atoms with Crippen molar-refractivity contribution in [1.82, 2.24) is 9.03 Å². The SMILES string of the molecule is COC(=O)CCN(C)S(=O)(=O)N[C@H](C)c1ccco1. The Hall–Kier alpha value is -1.38. The van der Waals surface area contributed by atoms with Gasteiger partial charge in [-0.05, 0) is 19.1 Å². The molecule has 0 spiro atoms. The zero-order valence-electron chi connectivity index (χ0n) is 11.1. The van der Waals surface area contributed by atoms with E-state index in [4.69, 9.17) is 4.42 Å². The summed E-state index contributed by atoms with van der Waals surface area (Å²) in [5, 5.41) is 0. The van der Waals surface area contributed by atoms with Crippen LogP contribution in [0.1, 0.15) is 25.1 Å². The molecule has 108 valence electrons. The summed E-state index contributed by atoms with van der Waals surface area (Å²) in [5.74, 6) is 0.0612. The van der Waals surface area contributed by atoms with E-state index in [1.54, 1.807) is 19.1 Å². The Morgan fingerprint density at radius 2 is 2.26 bits per heavy atom. The quantitative estimate of drug-likeness (QED) is 0.746.